The molecule has 5 nitrogen and oxygen atoms in total. The van der Waals surface area contributed by atoms with Crippen molar-refractivity contribution in [1.82, 2.24) is 9.97 Å². The first kappa shape index (κ1) is 11.9. The molecule has 7 heteroatoms. The van der Waals surface area contributed by atoms with Crippen molar-refractivity contribution in [1.29, 1.82) is 0 Å². The van der Waals surface area contributed by atoms with Crippen molar-refractivity contribution >= 4 is 17.6 Å². The monoisotopic (exact) mass is 251 g/mol. The third-order valence-corrected chi connectivity index (χ3v) is 1.99. The van der Waals surface area contributed by atoms with Crippen LogP contribution in [0.15, 0.2) is 30.5 Å². The first-order valence-electron chi connectivity index (χ1n) is 4.84. The van der Waals surface area contributed by atoms with E-state index in [9.17, 15) is 13.6 Å². The normalized spacial score (nSPS) is 10.1. The predicted molar refractivity (Wildman–Crippen MR) is 58.6 cm³/mol. The summed E-state index contributed by atoms with van der Waals surface area (Å²) >= 11 is 0. The highest BCUT2D eigenvalue weighted by atomic mass is 19.1. The zero-order chi connectivity index (χ0) is 13.1. The third-order valence-electron chi connectivity index (χ3n) is 1.99. The molecule has 0 saturated carbocycles. The molecule has 18 heavy (non-hydrogen) atoms. The first-order chi connectivity index (χ1) is 8.54. The molecule has 0 fully saturated rings. The summed E-state index contributed by atoms with van der Waals surface area (Å²) in [6, 6.07) is 4.01. The number of hydrogen-bond donors (Lipinski definition) is 2. The molecule has 0 radical (unpaired) electrons. The van der Waals surface area contributed by atoms with Gasteiger partial charge in [-0.05, 0) is 18.2 Å². The van der Waals surface area contributed by atoms with Crippen molar-refractivity contribution < 1.29 is 18.7 Å². The molecule has 2 rings (SSSR count). The van der Waals surface area contributed by atoms with Crippen LogP contribution in [0.25, 0.3) is 0 Å². The molecule has 0 atom stereocenters. The zero-order valence-electron chi connectivity index (χ0n) is 8.89. The minimum Gasteiger partial charge on any atom is -0.477 e. The maximum atomic E-state index is 12.9. The Morgan fingerprint density at radius 2 is 1.89 bits per heavy atom. The van der Waals surface area contributed by atoms with E-state index in [0.717, 1.165) is 18.2 Å². The topological polar surface area (TPSA) is 75.1 Å². The van der Waals surface area contributed by atoms with E-state index in [4.69, 9.17) is 5.11 Å². The Balaban J connectivity index is 2.28. The van der Waals surface area contributed by atoms with Crippen LogP contribution in [-0.2, 0) is 0 Å². The average molecular weight is 251 g/mol. The zero-order valence-corrected chi connectivity index (χ0v) is 8.89. The Morgan fingerprint density at radius 3 is 2.50 bits per heavy atom. The Morgan fingerprint density at radius 1 is 1.22 bits per heavy atom. The van der Waals surface area contributed by atoms with Gasteiger partial charge in [0, 0.05) is 18.0 Å². The van der Waals surface area contributed by atoms with Crippen LogP contribution in [0.3, 0.4) is 0 Å². The summed E-state index contributed by atoms with van der Waals surface area (Å²) in [5, 5.41) is 11.2. The number of anilines is 2. The van der Waals surface area contributed by atoms with E-state index >= 15 is 0 Å². The smallest absolute Gasteiger partial charge is 0.354 e. The minimum absolute atomic E-state index is 0.0556. The van der Waals surface area contributed by atoms with Gasteiger partial charge in [-0.2, -0.15) is 0 Å². The number of aromatic nitrogens is 2. The second kappa shape index (κ2) is 4.74. The van der Waals surface area contributed by atoms with Crippen LogP contribution in [0.4, 0.5) is 20.4 Å². The van der Waals surface area contributed by atoms with Gasteiger partial charge in [0.25, 0.3) is 0 Å². The fraction of sp³-hybridized carbons (Fsp3) is 0. The van der Waals surface area contributed by atoms with Crippen LogP contribution in [0, 0.1) is 11.6 Å². The van der Waals surface area contributed by atoms with E-state index < -0.39 is 17.6 Å². The van der Waals surface area contributed by atoms with Crippen molar-refractivity contribution in [3.63, 3.8) is 0 Å². The molecule has 1 aromatic carbocycles. The lowest BCUT2D eigenvalue weighted by Crippen LogP contribution is -2.04. The molecule has 92 valence electrons. The van der Waals surface area contributed by atoms with Crippen LogP contribution in [-0.4, -0.2) is 21.0 Å². The van der Waals surface area contributed by atoms with Crippen LogP contribution >= 0.6 is 0 Å². The summed E-state index contributed by atoms with van der Waals surface area (Å²) in [5.74, 6) is -2.79. The summed E-state index contributed by atoms with van der Waals surface area (Å²) in [6.45, 7) is 0. The van der Waals surface area contributed by atoms with Gasteiger partial charge in [0.15, 0.2) is 5.69 Å². The number of rotatable bonds is 3. The molecule has 0 aliphatic heterocycles. The fourth-order valence-electron chi connectivity index (χ4n) is 1.29. The molecule has 1 aromatic heterocycles. The summed E-state index contributed by atoms with van der Waals surface area (Å²) in [7, 11) is 0. The second-order valence-corrected chi connectivity index (χ2v) is 3.35. The van der Waals surface area contributed by atoms with Crippen molar-refractivity contribution in [3.05, 3.63) is 47.8 Å². The highest BCUT2D eigenvalue weighted by Gasteiger charge is 2.07. The van der Waals surface area contributed by atoms with E-state index in [0.29, 0.717) is 0 Å². The molecule has 0 spiro atoms. The Kier molecular flexibility index (Phi) is 3.13. The Hall–Kier alpha value is -2.57. The second-order valence-electron chi connectivity index (χ2n) is 3.35. The summed E-state index contributed by atoms with van der Waals surface area (Å²) in [4.78, 5) is 18.1. The Labute approximate surface area is 100 Å². The van der Waals surface area contributed by atoms with E-state index in [1.807, 2.05) is 0 Å². The predicted octanol–water partition coefficient (Wildman–Crippen LogP) is 2.20. The van der Waals surface area contributed by atoms with Gasteiger partial charge in [0.1, 0.15) is 11.6 Å². The molecule has 0 bridgehead atoms. The number of carboxylic acids is 1. The van der Waals surface area contributed by atoms with Crippen LogP contribution in [0.5, 0.6) is 0 Å². The largest absolute Gasteiger partial charge is 0.477 e. The van der Waals surface area contributed by atoms with Gasteiger partial charge in [-0.3, -0.25) is 0 Å². The number of benzene rings is 1. The lowest BCUT2D eigenvalue weighted by atomic mass is 10.3. The summed E-state index contributed by atoms with van der Waals surface area (Å²) in [6.07, 6.45) is 1.23. The molecule has 2 N–H and O–H groups in total. The van der Waals surface area contributed by atoms with Crippen molar-refractivity contribution in [2.75, 3.05) is 5.32 Å². The lowest BCUT2D eigenvalue weighted by molar-refractivity contribution is 0.0690. The standard InChI is InChI=1S/C11H7F2N3O2/c12-6-3-7(13)5-8(4-6)15-11-14-2-1-9(16-11)10(17)18/h1-5H,(H,17,18)(H,14,15,16). The maximum absolute atomic E-state index is 12.9. The van der Waals surface area contributed by atoms with Gasteiger partial charge in [-0.15, -0.1) is 0 Å². The van der Waals surface area contributed by atoms with Gasteiger partial charge in [0.05, 0.1) is 0 Å². The van der Waals surface area contributed by atoms with Crippen molar-refractivity contribution in [2.45, 2.75) is 0 Å². The van der Waals surface area contributed by atoms with Gasteiger partial charge in [0.2, 0.25) is 5.95 Å². The van der Waals surface area contributed by atoms with Gasteiger partial charge < -0.3 is 10.4 Å². The molecular weight excluding hydrogens is 244 g/mol. The SMILES string of the molecule is O=C(O)c1ccnc(Nc2cc(F)cc(F)c2)n1. The van der Waals surface area contributed by atoms with E-state index in [1.165, 1.54) is 12.3 Å². The molecule has 0 amide bonds. The van der Waals surface area contributed by atoms with E-state index in [1.54, 1.807) is 0 Å². The molecule has 0 unspecified atom stereocenters. The van der Waals surface area contributed by atoms with Crippen molar-refractivity contribution in [3.8, 4) is 0 Å². The molecule has 0 aliphatic carbocycles. The lowest BCUT2D eigenvalue weighted by Gasteiger charge is -2.05. The number of carbonyl (C=O) groups is 1. The number of halogens is 2. The minimum atomic E-state index is -1.22. The number of nitrogens with zero attached hydrogens (tertiary/aromatic N) is 2. The van der Waals surface area contributed by atoms with E-state index in [-0.39, 0.29) is 17.3 Å². The van der Waals surface area contributed by atoms with E-state index in [2.05, 4.69) is 15.3 Å². The van der Waals surface area contributed by atoms with Crippen LogP contribution in [0.2, 0.25) is 0 Å². The van der Waals surface area contributed by atoms with Crippen LogP contribution in [0.1, 0.15) is 10.5 Å². The van der Waals surface area contributed by atoms with Crippen molar-refractivity contribution in [2.24, 2.45) is 0 Å². The molecule has 2 aromatic rings. The number of carboxylic acid groups (broad SMARTS) is 1. The summed E-state index contributed by atoms with van der Waals surface area (Å²) in [5.41, 5.74) is -0.126. The Bertz CT molecular complexity index is 584. The molecule has 1 heterocycles. The average Bonchev–Trinajstić information content (AvgIpc) is 2.27. The first-order valence-corrected chi connectivity index (χ1v) is 4.84. The van der Waals surface area contributed by atoms with Crippen LogP contribution < -0.4 is 5.32 Å². The summed E-state index contributed by atoms with van der Waals surface area (Å²) < 4.78 is 25.8. The highest BCUT2D eigenvalue weighted by molar-refractivity contribution is 5.85. The van der Waals surface area contributed by atoms with Gasteiger partial charge >= 0.3 is 5.97 Å². The highest BCUT2D eigenvalue weighted by Crippen LogP contribution is 2.16. The maximum Gasteiger partial charge on any atom is 0.354 e. The molecular formula is C11H7F2N3O2. The van der Waals surface area contributed by atoms with Gasteiger partial charge in [-0.25, -0.2) is 23.5 Å². The number of hydrogen-bond acceptors (Lipinski definition) is 4. The number of aromatic carboxylic acids is 1. The number of nitrogens with one attached hydrogen (secondary N) is 1. The molecule has 0 aliphatic rings. The third kappa shape index (κ3) is 2.76. The quantitative estimate of drug-likeness (QED) is 0.874. The molecule has 0 saturated heterocycles. The van der Waals surface area contributed by atoms with Gasteiger partial charge in [-0.1, -0.05) is 0 Å². The fourth-order valence-corrected chi connectivity index (χ4v) is 1.29.